The van der Waals surface area contributed by atoms with Gasteiger partial charge in [-0.05, 0) is 49.4 Å². The minimum Gasteiger partial charge on any atom is -0.369 e. The predicted molar refractivity (Wildman–Crippen MR) is 72.0 cm³/mol. The maximum Gasteiger partial charge on any atom is 0.226 e. The van der Waals surface area contributed by atoms with Crippen LogP contribution in [0.5, 0.6) is 0 Å². The van der Waals surface area contributed by atoms with Gasteiger partial charge >= 0.3 is 0 Å². The van der Waals surface area contributed by atoms with Crippen LogP contribution in [-0.4, -0.2) is 17.2 Å². The van der Waals surface area contributed by atoms with Crippen molar-refractivity contribution in [3.05, 3.63) is 0 Å². The number of nitrogens with two attached hydrogens (primary N) is 2. The zero-order valence-electron chi connectivity index (χ0n) is 11.9. The highest BCUT2D eigenvalue weighted by Gasteiger charge is 2.73. The summed E-state index contributed by atoms with van der Waals surface area (Å²) in [5.74, 6) is 0.711. The minimum absolute atomic E-state index is 0.0209. The van der Waals surface area contributed by atoms with Gasteiger partial charge in [-0.2, -0.15) is 0 Å². The van der Waals surface area contributed by atoms with Gasteiger partial charge in [0.05, 0.1) is 11.0 Å². The fourth-order valence-corrected chi connectivity index (χ4v) is 5.88. The Balaban J connectivity index is 2.19. The van der Waals surface area contributed by atoms with E-state index < -0.39 is 11.0 Å². The van der Waals surface area contributed by atoms with Crippen LogP contribution in [0.3, 0.4) is 0 Å². The van der Waals surface area contributed by atoms with Crippen molar-refractivity contribution in [3.63, 3.8) is 0 Å². The van der Waals surface area contributed by atoms with E-state index in [0.717, 1.165) is 25.7 Å². The normalized spacial score (nSPS) is 51.3. The summed E-state index contributed by atoms with van der Waals surface area (Å²) in [6.07, 6.45) is 4.95. The minimum atomic E-state index is -1.05. The molecule has 0 aromatic carbocycles. The van der Waals surface area contributed by atoms with Crippen LogP contribution in [-0.2, 0) is 9.59 Å². The van der Waals surface area contributed by atoms with Gasteiger partial charge in [-0.1, -0.05) is 13.8 Å². The Kier molecular flexibility index (Phi) is 2.48. The van der Waals surface area contributed by atoms with Crippen molar-refractivity contribution in [1.82, 2.24) is 0 Å². The molecule has 0 heterocycles. The van der Waals surface area contributed by atoms with E-state index in [2.05, 4.69) is 6.92 Å². The first-order chi connectivity index (χ1) is 8.79. The second-order valence-corrected chi connectivity index (χ2v) is 7.38. The lowest BCUT2D eigenvalue weighted by Gasteiger charge is -2.68. The number of amides is 1. The van der Waals surface area contributed by atoms with Gasteiger partial charge in [0.15, 0.2) is 5.78 Å². The molecular weight excluding hydrogens is 240 g/mol. The average molecular weight is 264 g/mol. The highest BCUT2D eigenvalue weighted by molar-refractivity contribution is 5.98. The number of primary amides is 1. The molecule has 4 heteroatoms. The zero-order chi connectivity index (χ0) is 14.1. The zero-order valence-corrected chi connectivity index (χ0v) is 11.9. The fourth-order valence-electron chi connectivity index (χ4n) is 5.88. The van der Waals surface area contributed by atoms with Crippen molar-refractivity contribution in [3.8, 4) is 0 Å². The molecule has 106 valence electrons. The van der Waals surface area contributed by atoms with Crippen LogP contribution in [0, 0.1) is 22.7 Å². The number of ketones is 1. The molecule has 4 N–H and O–H groups in total. The first-order valence-corrected chi connectivity index (χ1v) is 7.41. The third kappa shape index (κ3) is 1.28. The van der Waals surface area contributed by atoms with Crippen LogP contribution in [0.4, 0.5) is 0 Å². The lowest BCUT2D eigenvalue weighted by atomic mass is 9.36. The van der Waals surface area contributed by atoms with Crippen molar-refractivity contribution in [1.29, 1.82) is 0 Å². The third-order valence-electron chi connectivity index (χ3n) is 6.36. The van der Waals surface area contributed by atoms with Crippen LogP contribution in [0.25, 0.3) is 0 Å². The van der Waals surface area contributed by atoms with E-state index in [9.17, 15) is 9.59 Å². The van der Waals surface area contributed by atoms with Crippen LogP contribution in [0.15, 0.2) is 0 Å². The number of hydrogen-bond donors (Lipinski definition) is 2. The van der Waals surface area contributed by atoms with E-state index in [1.54, 1.807) is 0 Å². The summed E-state index contributed by atoms with van der Waals surface area (Å²) >= 11 is 0. The van der Waals surface area contributed by atoms with Gasteiger partial charge in [-0.25, -0.2) is 0 Å². The summed E-state index contributed by atoms with van der Waals surface area (Å²) in [6, 6.07) is 0. The molecule has 0 saturated heterocycles. The number of Topliss-reactive ketones (excluding diaryl/α,β-unsaturated/α-hetero) is 1. The van der Waals surface area contributed by atoms with E-state index in [4.69, 9.17) is 11.5 Å². The molecule has 4 aliphatic carbocycles. The Bertz CT molecular complexity index is 445. The predicted octanol–water partition coefficient (Wildman–Crippen LogP) is 1.36. The van der Waals surface area contributed by atoms with E-state index >= 15 is 0 Å². The fraction of sp³-hybridized carbons (Fsp3) is 0.867. The van der Waals surface area contributed by atoms with E-state index in [1.807, 2.05) is 6.92 Å². The maximum absolute atomic E-state index is 12.6. The molecule has 4 bridgehead atoms. The summed E-state index contributed by atoms with van der Waals surface area (Å²) in [6.45, 7) is 3.94. The van der Waals surface area contributed by atoms with Gasteiger partial charge in [0.1, 0.15) is 0 Å². The monoisotopic (exact) mass is 264 g/mol. The Morgan fingerprint density at radius 1 is 1.16 bits per heavy atom. The standard InChI is InChI=1S/C15H24N2O2/c1-3-11(18)15(17)13(2)5-9-4-10(6-13)8-14(15,7-9)12(16)19/h9-10H,3-8,17H2,1-2H3,(H2,16,19). The van der Waals surface area contributed by atoms with E-state index in [0.29, 0.717) is 18.3 Å². The Morgan fingerprint density at radius 2 is 1.68 bits per heavy atom. The Morgan fingerprint density at radius 3 is 2.11 bits per heavy atom. The summed E-state index contributed by atoms with van der Waals surface area (Å²) in [7, 11) is 0. The average Bonchev–Trinajstić information content (AvgIpc) is 2.33. The molecule has 0 aliphatic heterocycles. The molecule has 0 spiro atoms. The molecular formula is C15H24N2O2. The van der Waals surface area contributed by atoms with Gasteiger partial charge in [0.25, 0.3) is 0 Å². The maximum atomic E-state index is 12.6. The second-order valence-electron chi connectivity index (χ2n) is 7.38. The summed E-state index contributed by atoms with van der Waals surface area (Å²) in [5, 5.41) is 0. The smallest absolute Gasteiger partial charge is 0.226 e. The number of hydrogen-bond acceptors (Lipinski definition) is 3. The molecule has 1 amide bonds. The quantitative estimate of drug-likeness (QED) is 0.807. The van der Waals surface area contributed by atoms with Crippen LogP contribution in [0.1, 0.15) is 52.4 Å². The van der Waals surface area contributed by atoms with Crippen LogP contribution < -0.4 is 11.5 Å². The van der Waals surface area contributed by atoms with Gasteiger partial charge in [0, 0.05) is 6.42 Å². The molecule has 4 nitrogen and oxygen atoms in total. The number of rotatable bonds is 3. The molecule has 19 heavy (non-hydrogen) atoms. The molecule has 4 aliphatic rings. The number of carbonyl (C=O) groups is 2. The van der Waals surface area contributed by atoms with Crippen molar-refractivity contribution in [2.75, 3.05) is 0 Å². The highest BCUT2D eigenvalue weighted by Crippen LogP contribution is 2.69. The highest BCUT2D eigenvalue weighted by atomic mass is 16.2. The van der Waals surface area contributed by atoms with Crippen molar-refractivity contribution in [2.24, 2.45) is 34.1 Å². The van der Waals surface area contributed by atoms with Crippen LogP contribution in [0.2, 0.25) is 0 Å². The van der Waals surface area contributed by atoms with Crippen molar-refractivity contribution < 1.29 is 9.59 Å². The number of carbonyl (C=O) groups excluding carboxylic acids is 2. The van der Waals surface area contributed by atoms with Gasteiger partial charge in [-0.15, -0.1) is 0 Å². The topological polar surface area (TPSA) is 86.2 Å². The third-order valence-corrected chi connectivity index (χ3v) is 6.36. The summed E-state index contributed by atoms with van der Waals surface area (Å²) < 4.78 is 0. The van der Waals surface area contributed by atoms with Crippen molar-refractivity contribution in [2.45, 2.75) is 57.9 Å². The van der Waals surface area contributed by atoms with Gasteiger partial charge in [-0.3, -0.25) is 9.59 Å². The first-order valence-electron chi connectivity index (χ1n) is 7.41. The molecule has 0 aromatic heterocycles. The summed E-state index contributed by atoms with van der Waals surface area (Å²) in [4.78, 5) is 24.8. The lowest BCUT2D eigenvalue weighted by Crippen LogP contribution is -2.79. The molecule has 4 saturated carbocycles. The molecule has 4 rings (SSSR count). The lowest BCUT2D eigenvalue weighted by molar-refractivity contribution is -0.190. The Labute approximate surface area is 114 Å². The van der Waals surface area contributed by atoms with Gasteiger partial charge in [0.2, 0.25) is 5.91 Å². The Hall–Kier alpha value is -0.900. The largest absolute Gasteiger partial charge is 0.369 e. The molecule has 3 atom stereocenters. The summed E-state index contributed by atoms with van der Waals surface area (Å²) in [5.41, 5.74) is 10.3. The SMILES string of the molecule is CCC(=O)C1(N)C2(C)CC3CC(C2)CC1(C(N)=O)C3. The van der Waals surface area contributed by atoms with Gasteiger partial charge < -0.3 is 11.5 Å². The molecule has 4 fully saturated rings. The van der Waals surface area contributed by atoms with E-state index in [-0.39, 0.29) is 17.1 Å². The molecule has 0 radical (unpaired) electrons. The van der Waals surface area contributed by atoms with Crippen molar-refractivity contribution >= 4 is 11.7 Å². The second kappa shape index (κ2) is 3.60. The first kappa shape index (κ1) is 13.1. The van der Waals surface area contributed by atoms with E-state index in [1.165, 1.54) is 6.42 Å². The molecule has 0 aromatic rings. The molecule has 3 unspecified atom stereocenters. The van der Waals surface area contributed by atoms with Crippen LogP contribution >= 0.6 is 0 Å².